The monoisotopic (exact) mass is 243 g/mol. The molecule has 2 aromatic rings. The summed E-state index contributed by atoms with van der Waals surface area (Å²) in [5, 5.41) is 7.69. The van der Waals surface area contributed by atoms with Crippen molar-refractivity contribution >= 4 is 0 Å². The molecule has 0 aliphatic heterocycles. The summed E-state index contributed by atoms with van der Waals surface area (Å²) >= 11 is 0. The van der Waals surface area contributed by atoms with Gasteiger partial charge in [0, 0.05) is 24.5 Å². The highest BCUT2D eigenvalue weighted by atomic mass is 15.3. The minimum Gasteiger partial charge on any atom is -0.308 e. The van der Waals surface area contributed by atoms with Crippen LogP contribution < -0.4 is 5.32 Å². The van der Waals surface area contributed by atoms with E-state index in [9.17, 15) is 0 Å². The maximum absolute atomic E-state index is 4.21. The molecule has 96 valence electrons. The summed E-state index contributed by atoms with van der Waals surface area (Å²) in [5.74, 6) is 0. The van der Waals surface area contributed by atoms with E-state index in [4.69, 9.17) is 0 Å². The maximum Gasteiger partial charge on any atom is 0.0659 e. The van der Waals surface area contributed by atoms with Gasteiger partial charge in [0.15, 0.2) is 0 Å². The van der Waals surface area contributed by atoms with E-state index in [1.54, 1.807) is 0 Å². The second-order valence-corrected chi connectivity index (χ2v) is 5.62. The minimum atomic E-state index is 0.160. The molecule has 0 saturated heterocycles. The molecule has 0 fully saturated rings. The molecular weight excluding hydrogens is 222 g/mol. The van der Waals surface area contributed by atoms with Crippen LogP contribution in [0.1, 0.15) is 31.9 Å². The average Bonchev–Trinajstić information content (AvgIpc) is 2.80. The van der Waals surface area contributed by atoms with Crippen molar-refractivity contribution in [2.24, 2.45) is 0 Å². The van der Waals surface area contributed by atoms with Gasteiger partial charge >= 0.3 is 0 Å². The van der Waals surface area contributed by atoms with Gasteiger partial charge in [0.05, 0.1) is 6.54 Å². The van der Waals surface area contributed by atoms with Gasteiger partial charge in [-0.1, -0.05) is 24.3 Å². The molecule has 0 aliphatic rings. The molecule has 0 bridgehead atoms. The van der Waals surface area contributed by atoms with Crippen LogP contribution in [-0.2, 0) is 13.1 Å². The number of aromatic nitrogens is 2. The van der Waals surface area contributed by atoms with Crippen LogP contribution in [0.5, 0.6) is 0 Å². The molecule has 2 rings (SSSR count). The Balaban J connectivity index is 1.93. The molecule has 0 spiro atoms. The quantitative estimate of drug-likeness (QED) is 0.895. The Kier molecular flexibility index (Phi) is 3.82. The number of nitrogens with one attached hydrogen (secondary N) is 1. The van der Waals surface area contributed by atoms with Crippen LogP contribution in [0, 0.1) is 0 Å². The predicted octanol–water partition coefficient (Wildman–Crippen LogP) is 2.82. The Hall–Kier alpha value is -1.61. The van der Waals surface area contributed by atoms with Gasteiger partial charge in [0.1, 0.15) is 0 Å². The third-order valence-corrected chi connectivity index (χ3v) is 2.75. The Morgan fingerprint density at radius 3 is 2.33 bits per heavy atom. The van der Waals surface area contributed by atoms with Crippen LogP contribution in [0.2, 0.25) is 0 Å². The SMILES string of the molecule is CC(C)(C)NCc1ccc(Cn2cccn2)cc1. The van der Waals surface area contributed by atoms with Gasteiger partial charge in [-0.3, -0.25) is 4.68 Å². The van der Waals surface area contributed by atoms with Crippen LogP contribution in [0.3, 0.4) is 0 Å². The molecular formula is C15H21N3. The van der Waals surface area contributed by atoms with Gasteiger partial charge in [-0.25, -0.2) is 0 Å². The molecule has 3 nitrogen and oxygen atoms in total. The Labute approximate surface area is 109 Å². The second-order valence-electron chi connectivity index (χ2n) is 5.62. The van der Waals surface area contributed by atoms with Gasteiger partial charge in [-0.05, 0) is 38.0 Å². The van der Waals surface area contributed by atoms with E-state index in [-0.39, 0.29) is 5.54 Å². The lowest BCUT2D eigenvalue weighted by molar-refractivity contribution is 0.424. The molecule has 18 heavy (non-hydrogen) atoms. The van der Waals surface area contributed by atoms with Gasteiger partial charge in [-0.2, -0.15) is 5.10 Å². The highest BCUT2D eigenvalue weighted by Crippen LogP contribution is 2.08. The summed E-state index contributed by atoms with van der Waals surface area (Å²) in [5.41, 5.74) is 2.75. The fraction of sp³-hybridized carbons (Fsp3) is 0.400. The number of rotatable bonds is 4. The normalized spacial score (nSPS) is 11.7. The summed E-state index contributed by atoms with van der Waals surface area (Å²) in [4.78, 5) is 0. The summed E-state index contributed by atoms with van der Waals surface area (Å²) in [6.07, 6.45) is 3.79. The summed E-state index contributed by atoms with van der Waals surface area (Å²) in [7, 11) is 0. The first-order valence-electron chi connectivity index (χ1n) is 6.33. The molecule has 1 aromatic carbocycles. The lowest BCUT2D eigenvalue weighted by Crippen LogP contribution is -2.35. The zero-order valence-corrected chi connectivity index (χ0v) is 11.4. The first-order valence-corrected chi connectivity index (χ1v) is 6.33. The lowest BCUT2D eigenvalue weighted by atomic mass is 10.1. The summed E-state index contributed by atoms with van der Waals surface area (Å²) < 4.78 is 1.93. The molecule has 1 N–H and O–H groups in total. The van der Waals surface area contributed by atoms with Crippen molar-refractivity contribution < 1.29 is 0 Å². The predicted molar refractivity (Wildman–Crippen MR) is 74.4 cm³/mol. The molecule has 0 saturated carbocycles. The average molecular weight is 243 g/mol. The molecule has 0 radical (unpaired) electrons. The van der Waals surface area contributed by atoms with Gasteiger partial charge in [0.25, 0.3) is 0 Å². The van der Waals surface area contributed by atoms with E-state index in [0.29, 0.717) is 0 Å². The van der Waals surface area contributed by atoms with Crippen molar-refractivity contribution in [3.8, 4) is 0 Å². The van der Waals surface area contributed by atoms with Crippen molar-refractivity contribution in [3.63, 3.8) is 0 Å². The zero-order valence-electron chi connectivity index (χ0n) is 11.4. The van der Waals surface area contributed by atoms with E-state index in [0.717, 1.165) is 13.1 Å². The standard InChI is InChI=1S/C15H21N3/c1-15(2,3)16-11-13-5-7-14(8-6-13)12-18-10-4-9-17-18/h4-10,16H,11-12H2,1-3H3. The smallest absolute Gasteiger partial charge is 0.0659 e. The minimum absolute atomic E-state index is 0.160. The van der Waals surface area contributed by atoms with Crippen molar-refractivity contribution in [1.29, 1.82) is 0 Å². The molecule has 0 amide bonds. The molecule has 0 unspecified atom stereocenters. The van der Waals surface area contributed by atoms with Crippen LogP contribution in [0.25, 0.3) is 0 Å². The molecule has 1 heterocycles. The van der Waals surface area contributed by atoms with E-state index in [2.05, 4.69) is 55.5 Å². The van der Waals surface area contributed by atoms with E-state index < -0.39 is 0 Å². The van der Waals surface area contributed by atoms with Crippen LogP contribution in [0.15, 0.2) is 42.7 Å². The maximum atomic E-state index is 4.21. The second kappa shape index (κ2) is 5.36. The van der Waals surface area contributed by atoms with Gasteiger partial charge < -0.3 is 5.32 Å². The number of hydrogen-bond donors (Lipinski definition) is 1. The highest BCUT2D eigenvalue weighted by Gasteiger charge is 2.07. The summed E-state index contributed by atoms with van der Waals surface area (Å²) in [6.45, 7) is 8.28. The molecule has 3 heteroatoms. The third kappa shape index (κ3) is 4.00. The van der Waals surface area contributed by atoms with E-state index in [1.807, 2.05) is 23.1 Å². The topological polar surface area (TPSA) is 29.9 Å². The zero-order chi connectivity index (χ0) is 13.0. The van der Waals surface area contributed by atoms with E-state index >= 15 is 0 Å². The molecule has 1 aromatic heterocycles. The van der Waals surface area contributed by atoms with Gasteiger partial charge in [-0.15, -0.1) is 0 Å². The Bertz CT molecular complexity index is 463. The first-order chi connectivity index (χ1) is 8.53. The third-order valence-electron chi connectivity index (χ3n) is 2.75. The largest absolute Gasteiger partial charge is 0.308 e. The van der Waals surface area contributed by atoms with Crippen molar-refractivity contribution in [2.75, 3.05) is 0 Å². The number of hydrogen-bond acceptors (Lipinski definition) is 2. The highest BCUT2D eigenvalue weighted by molar-refractivity contribution is 5.22. The van der Waals surface area contributed by atoms with Crippen LogP contribution in [-0.4, -0.2) is 15.3 Å². The number of nitrogens with zero attached hydrogens (tertiary/aromatic N) is 2. The first kappa shape index (κ1) is 12.8. The Morgan fingerprint density at radius 2 is 1.78 bits per heavy atom. The lowest BCUT2D eigenvalue weighted by Gasteiger charge is -2.20. The van der Waals surface area contributed by atoms with Crippen molar-refractivity contribution in [3.05, 3.63) is 53.9 Å². The molecule has 0 aliphatic carbocycles. The van der Waals surface area contributed by atoms with E-state index in [1.165, 1.54) is 11.1 Å². The fourth-order valence-electron chi connectivity index (χ4n) is 1.71. The van der Waals surface area contributed by atoms with Gasteiger partial charge in [0.2, 0.25) is 0 Å². The van der Waals surface area contributed by atoms with Crippen LogP contribution in [0.4, 0.5) is 0 Å². The van der Waals surface area contributed by atoms with Crippen LogP contribution >= 0.6 is 0 Å². The summed E-state index contributed by atoms with van der Waals surface area (Å²) in [6, 6.07) is 10.6. The molecule has 0 atom stereocenters. The Morgan fingerprint density at radius 1 is 1.11 bits per heavy atom. The van der Waals surface area contributed by atoms with Crippen molar-refractivity contribution in [1.82, 2.24) is 15.1 Å². The van der Waals surface area contributed by atoms with Crippen molar-refractivity contribution in [2.45, 2.75) is 39.4 Å². The number of benzene rings is 1. The fourth-order valence-corrected chi connectivity index (χ4v) is 1.71.